The smallest absolute Gasteiger partial charge is 0.254 e. The molecule has 23 heavy (non-hydrogen) atoms. The molecule has 1 saturated heterocycles. The molecule has 118 valence electrons. The van der Waals surface area contributed by atoms with Gasteiger partial charge in [0.1, 0.15) is 0 Å². The molecule has 2 aromatic rings. The summed E-state index contributed by atoms with van der Waals surface area (Å²) in [5, 5.41) is 3.42. The molecule has 6 nitrogen and oxygen atoms in total. The number of pyridine rings is 1. The average molecular weight is 311 g/mol. The number of nitrogens with zero attached hydrogens (tertiary/aromatic N) is 2. The van der Waals surface area contributed by atoms with Crippen molar-refractivity contribution in [2.45, 2.75) is 12.5 Å². The second-order valence-electron chi connectivity index (χ2n) is 5.69. The monoisotopic (exact) mass is 311 g/mol. The maximum atomic E-state index is 12.6. The predicted octanol–water partition coefficient (Wildman–Crippen LogP) is 2.14. The van der Waals surface area contributed by atoms with Crippen LogP contribution in [-0.2, 0) is 0 Å². The fourth-order valence-corrected chi connectivity index (χ4v) is 2.96. The number of benzene rings is 1. The van der Waals surface area contributed by atoms with E-state index in [-0.39, 0.29) is 18.7 Å². The third kappa shape index (κ3) is 2.79. The number of carbonyl (C=O) groups is 1. The highest BCUT2D eigenvalue weighted by atomic mass is 16.7. The molecule has 6 heteroatoms. The fourth-order valence-electron chi connectivity index (χ4n) is 2.96. The molecule has 0 bridgehead atoms. The third-order valence-corrected chi connectivity index (χ3v) is 4.13. The minimum Gasteiger partial charge on any atom is -0.454 e. The summed E-state index contributed by atoms with van der Waals surface area (Å²) in [4.78, 5) is 18.6. The number of hydrogen-bond donors (Lipinski definition) is 1. The van der Waals surface area contributed by atoms with Gasteiger partial charge in [0.2, 0.25) is 6.79 Å². The summed E-state index contributed by atoms with van der Waals surface area (Å²) in [6.07, 6.45) is 4.46. The lowest BCUT2D eigenvalue weighted by Gasteiger charge is -2.18. The predicted molar refractivity (Wildman–Crippen MR) is 84.7 cm³/mol. The standard InChI is InChI=1S/C17H17N3O3/c21-17(12-3-4-15-16(8-12)23-11-22-15)20-7-5-14(10-20)19-13-2-1-6-18-9-13/h1-4,6,8-9,14,19H,5,7,10-11H2/t14-/m1/s1. The molecule has 4 rings (SSSR count). The molecule has 1 fully saturated rings. The summed E-state index contributed by atoms with van der Waals surface area (Å²) >= 11 is 0. The van der Waals surface area contributed by atoms with Gasteiger partial charge in [0.05, 0.1) is 5.69 Å². The topological polar surface area (TPSA) is 63.7 Å². The van der Waals surface area contributed by atoms with E-state index in [2.05, 4.69) is 10.3 Å². The van der Waals surface area contributed by atoms with Crippen LogP contribution in [0.4, 0.5) is 5.69 Å². The van der Waals surface area contributed by atoms with Gasteiger partial charge in [0.25, 0.3) is 5.91 Å². The van der Waals surface area contributed by atoms with Crippen LogP contribution in [0.25, 0.3) is 0 Å². The number of hydrogen-bond acceptors (Lipinski definition) is 5. The number of amides is 1. The first kappa shape index (κ1) is 13.9. The summed E-state index contributed by atoms with van der Waals surface area (Å²) in [7, 11) is 0. The molecule has 1 aromatic heterocycles. The van der Waals surface area contributed by atoms with Crippen molar-refractivity contribution >= 4 is 11.6 Å². The average Bonchev–Trinajstić information content (AvgIpc) is 3.23. The summed E-state index contributed by atoms with van der Waals surface area (Å²) in [5.74, 6) is 1.36. The molecular weight excluding hydrogens is 294 g/mol. The minimum atomic E-state index is 0.0267. The van der Waals surface area contributed by atoms with Crippen LogP contribution >= 0.6 is 0 Å². The van der Waals surface area contributed by atoms with Crippen LogP contribution in [0, 0.1) is 0 Å². The number of carbonyl (C=O) groups excluding carboxylic acids is 1. The molecule has 1 atom stereocenters. The highest BCUT2D eigenvalue weighted by Crippen LogP contribution is 2.33. The van der Waals surface area contributed by atoms with Crippen molar-refractivity contribution in [2.24, 2.45) is 0 Å². The Morgan fingerprint density at radius 1 is 1.26 bits per heavy atom. The van der Waals surface area contributed by atoms with E-state index in [4.69, 9.17) is 9.47 Å². The van der Waals surface area contributed by atoms with E-state index in [1.807, 2.05) is 17.0 Å². The van der Waals surface area contributed by atoms with Crippen molar-refractivity contribution in [3.63, 3.8) is 0 Å². The Balaban J connectivity index is 1.42. The van der Waals surface area contributed by atoms with Crippen molar-refractivity contribution < 1.29 is 14.3 Å². The summed E-state index contributed by atoms with van der Waals surface area (Å²) in [6.45, 7) is 1.64. The van der Waals surface area contributed by atoms with E-state index in [0.29, 0.717) is 23.6 Å². The lowest BCUT2D eigenvalue weighted by molar-refractivity contribution is 0.0791. The van der Waals surface area contributed by atoms with Gasteiger partial charge in [-0.3, -0.25) is 9.78 Å². The van der Waals surface area contributed by atoms with Gasteiger partial charge in [-0.15, -0.1) is 0 Å². The second kappa shape index (κ2) is 5.79. The van der Waals surface area contributed by atoms with Crippen LogP contribution in [0.3, 0.4) is 0 Å². The number of ether oxygens (including phenoxy) is 2. The van der Waals surface area contributed by atoms with Gasteiger partial charge in [0.15, 0.2) is 11.5 Å². The van der Waals surface area contributed by atoms with Crippen LogP contribution in [0.15, 0.2) is 42.7 Å². The van der Waals surface area contributed by atoms with E-state index in [1.54, 1.807) is 30.6 Å². The lowest BCUT2D eigenvalue weighted by atomic mass is 10.2. The minimum absolute atomic E-state index is 0.0267. The van der Waals surface area contributed by atoms with E-state index in [0.717, 1.165) is 18.7 Å². The number of fused-ring (bicyclic) bond motifs is 1. The van der Waals surface area contributed by atoms with Crippen molar-refractivity contribution in [3.8, 4) is 11.5 Å². The summed E-state index contributed by atoms with van der Waals surface area (Å²) in [5.41, 5.74) is 1.62. The molecule has 0 radical (unpaired) electrons. The molecule has 0 spiro atoms. The Morgan fingerprint density at radius 2 is 2.17 bits per heavy atom. The molecule has 3 heterocycles. The lowest BCUT2D eigenvalue weighted by Crippen LogP contribution is -2.31. The molecule has 0 saturated carbocycles. The Morgan fingerprint density at radius 3 is 3.04 bits per heavy atom. The number of likely N-dealkylation sites (tertiary alicyclic amines) is 1. The van der Waals surface area contributed by atoms with E-state index >= 15 is 0 Å². The van der Waals surface area contributed by atoms with Gasteiger partial charge < -0.3 is 19.7 Å². The van der Waals surface area contributed by atoms with Crippen LogP contribution in [0.1, 0.15) is 16.8 Å². The maximum absolute atomic E-state index is 12.6. The Kier molecular flexibility index (Phi) is 3.49. The molecule has 2 aliphatic heterocycles. The van der Waals surface area contributed by atoms with Crippen molar-refractivity contribution in [3.05, 3.63) is 48.3 Å². The molecule has 0 aliphatic carbocycles. The SMILES string of the molecule is O=C(c1ccc2c(c1)OCO2)N1CC[C@@H](Nc2cccnc2)C1. The fraction of sp³-hybridized carbons (Fsp3) is 0.294. The zero-order chi connectivity index (χ0) is 15.6. The van der Waals surface area contributed by atoms with Gasteiger partial charge in [-0.25, -0.2) is 0 Å². The number of aromatic nitrogens is 1. The van der Waals surface area contributed by atoms with Crippen molar-refractivity contribution in [1.29, 1.82) is 0 Å². The van der Waals surface area contributed by atoms with E-state index in [1.165, 1.54) is 0 Å². The molecule has 1 aromatic carbocycles. The zero-order valence-electron chi connectivity index (χ0n) is 12.6. The molecule has 2 aliphatic rings. The van der Waals surface area contributed by atoms with E-state index in [9.17, 15) is 4.79 Å². The first-order valence-electron chi connectivity index (χ1n) is 7.65. The van der Waals surface area contributed by atoms with Crippen LogP contribution < -0.4 is 14.8 Å². The maximum Gasteiger partial charge on any atom is 0.254 e. The van der Waals surface area contributed by atoms with Gasteiger partial charge in [0, 0.05) is 37.1 Å². The van der Waals surface area contributed by atoms with Gasteiger partial charge >= 0.3 is 0 Å². The third-order valence-electron chi connectivity index (χ3n) is 4.13. The number of nitrogens with one attached hydrogen (secondary N) is 1. The molecule has 1 amide bonds. The quantitative estimate of drug-likeness (QED) is 0.941. The highest BCUT2D eigenvalue weighted by Gasteiger charge is 2.28. The summed E-state index contributed by atoms with van der Waals surface area (Å²) < 4.78 is 10.6. The van der Waals surface area contributed by atoms with Crippen LogP contribution in [0.2, 0.25) is 0 Å². The first-order chi connectivity index (χ1) is 11.3. The van der Waals surface area contributed by atoms with Crippen molar-refractivity contribution in [1.82, 2.24) is 9.88 Å². The molecule has 0 unspecified atom stereocenters. The number of anilines is 1. The Labute approximate surface area is 134 Å². The van der Waals surface area contributed by atoms with Crippen LogP contribution in [-0.4, -0.2) is 41.7 Å². The van der Waals surface area contributed by atoms with Crippen LogP contribution in [0.5, 0.6) is 11.5 Å². The van der Waals surface area contributed by atoms with Gasteiger partial charge in [-0.2, -0.15) is 0 Å². The van der Waals surface area contributed by atoms with Gasteiger partial charge in [-0.05, 0) is 36.8 Å². The second-order valence-corrected chi connectivity index (χ2v) is 5.69. The first-order valence-corrected chi connectivity index (χ1v) is 7.65. The number of rotatable bonds is 3. The zero-order valence-corrected chi connectivity index (χ0v) is 12.6. The van der Waals surface area contributed by atoms with E-state index < -0.39 is 0 Å². The van der Waals surface area contributed by atoms with Crippen molar-refractivity contribution in [2.75, 3.05) is 25.2 Å². The molecule has 1 N–H and O–H groups in total. The highest BCUT2D eigenvalue weighted by molar-refractivity contribution is 5.95. The normalized spacial score (nSPS) is 19.0. The molecular formula is C17H17N3O3. The largest absolute Gasteiger partial charge is 0.454 e. The Hall–Kier alpha value is -2.76. The summed E-state index contributed by atoms with van der Waals surface area (Å²) in [6, 6.07) is 9.46. The Bertz CT molecular complexity index is 720. The van der Waals surface area contributed by atoms with Gasteiger partial charge in [-0.1, -0.05) is 0 Å².